The van der Waals surface area contributed by atoms with E-state index in [1.165, 1.54) is 5.56 Å². The van der Waals surface area contributed by atoms with Crippen molar-refractivity contribution in [2.45, 2.75) is 55.6 Å². The highest BCUT2D eigenvalue weighted by Crippen LogP contribution is 2.51. The van der Waals surface area contributed by atoms with E-state index in [2.05, 4.69) is 22.8 Å². The quantitative estimate of drug-likeness (QED) is 0.279. The van der Waals surface area contributed by atoms with Gasteiger partial charge in [0, 0.05) is 30.9 Å². The number of carbonyl (C=O) groups is 3. The summed E-state index contributed by atoms with van der Waals surface area (Å²) in [4.78, 5) is 43.7. The fraction of sp³-hybridized carbons (Fsp3) is 0.344. The standard InChI is InChI=1S/C32H36N4O3S/c1-32(2)28(36-29(38)27(31(36)40-32)34-26(37)20-23-12-6-3-7-13-23)30(39)35(22-25-16-10-5-11-17-25)19-18-33-21-24-14-8-4-9-15-24/h3-17,27-28,31,33H,18-22H2,1-2H3,(H,34,37)/t27-,28+,31?/m1/s1. The zero-order chi connectivity index (χ0) is 28.1. The number of nitrogens with zero attached hydrogens (tertiary/aromatic N) is 2. The average Bonchev–Trinajstić information content (AvgIpc) is 3.22. The normalized spacial score (nSPS) is 20.9. The van der Waals surface area contributed by atoms with E-state index >= 15 is 0 Å². The zero-order valence-corrected chi connectivity index (χ0v) is 23.8. The van der Waals surface area contributed by atoms with E-state index in [9.17, 15) is 14.4 Å². The van der Waals surface area contributed by atoms with Gasteiger partial charge in [-0.25, -0.2) is 0 Å². The predicted octanol–water partition coefficient (Wildman–Crippen LogP) is 3.59. The highest BCUT2D eigenvalue weighted by Gasteiger charge is 2.64. The first-order valence-electron chi connectivity index (χ1n) is 13.7. The third-order valence-corrected chi connectivity index (χ3v) is 9.03. The van der Waals surface area contributed by atoms with Gasteiger partial charge in [0.1, 0.15) is 17.5 Å². The van der Waals surface area contributed by atoms with Crippen LogP contribution in [0.25, 0.3) is 0 Å². The first-order valence-corrected chi connectivity index (χ1v) is 14.6. The Labute approximate surface area is 240 Å². The second-order valence-corrected chi connectivity index (χ2v) is 12.6. The van der Waals surface area contributed by atoms with Crippen LogP contribution in [0.4, 0.5) is 0 Å². The van der Waals surface area contributed by atoms with Gasteiger partial charge in [-0.05, 0) is 30.5 Å². The third-order valence-electron chi connectivity index (χ3n) is 7.46. The Balaban J connectivity index is 1.26. The summed E-state index contributed by atoms with van der Waals surface area (Å²) in [6.07, 6.45) is 0.217. The SMILES string of the molecule is CC1(C)SC2[C@H](NC(=O)Cc3ccccc3)C(=O)N2[C@H]1C(=O)N(CCNCc1ccccc1)Cc1ccccc1. The lowest BCUT2D eigenvalue weighted by Crippen LogP contribution is -2.71. The highest BCUT2D eigenvalue weighted by molar-refractivity contribution is 8.01. The number of hydrogen-bond donors (Lipinski definition) is 2. The van der Waals surface area contributed by atoms with Gasteiger partial charge in [-0.3, -0.25) is 14.4 Å². The molecule has 0 spiro atoms. The first-order chi connectivity index (χ1) is 19.3. The Morgan fingerprint density at radius 3 is 2.08 bits per heavy atom. The van der Waals surface area contributed by atoms with Crippen molar-refractivity contribution < 1.29 is 14.4 Å². The van der Waals surface area contributed by atoms with Crippen LogP contribution in [0.5, 0.6) is 0 Å². The van der Waals surface area contributed by atoms with Crippen molar-refractivity contribution in [3.63, 3.8) is 0 Å². The average molecular weight is 557 g/mol. The van der Waals surface area contributed by atoms with Crippen LogP contribution in [0, 0.1) is 0 Å². The first kappa shape index (κ1) is 27.9. The van der Waals surface area contributed by atoms with Crippen LogP contribution in [-0.2, 0) is 33.9 Å². The van der Waals surface area contributed by atoms with Gasteiger partial charge >= 0.3 is 0 Å². The van der Waals surface area contributed by atoms with Crippen molar-refractivity contribution >= 4 is 29.5 Å². The minimum atomic E-state index is -0.617. The fourth-order valence-corrected chi connectivity index (χ4v) is 7.06. The number of thioether (sulfide) groups is 1. The van der Waals surface area contributed by atoms with Crippen molar-refractivity contribution in [1.29, 1.82) is 0 Å². The molecule has 5 rings (SSSR count). The third kappa shape index (κ3) is 6.24. The van der Waals surface area contributed by atoms with Crippen LogP contribution in [0.3, 0.4) is 0 Å². The maximum absolute atomic E-state index is 14.1. The van der Waals surface area contributed by atoms with Crippen LogP contribution >= 0.6 is 11.8 Å². The molecule has 0 aromatic heterocycles. The maximum atomic E-state index is 14.1. The molecule has 1 unspecified atom stereocenters. The highest BCUT2D eigenvalue weighted by atomic mass is 32.2. The molecule has 3 amide bonds. The fourth-order valence-electron chi connectivity index (χ4n) is 5.44. The Hall–Kier alpha value is -3.62. The largest absolute Gasteiger partial charge is 0.341 e. The van der Waals surface area contributed by atoms with Crippen molar-refractivity contribution in [1.82, 2.24) is 20.4 Å². The number of β-lactam (4-membered cyclic amide) rings is 1. The van der Waals surface area contributed by atoms with Crippen molar-refractivity contribution in [2.75, 3.05) is 13.1 Å². The van der Waals surface area contributed by atoms with E-state index in [-0.39, 0.29) is 29.5 Å². The molecule has 2 N–H and O–H groups in total. The minimum Gasteiger partial charge on any atom is -0.341 e. The molecule has 2 aliphatic rings. The zero-order valence-electron chi connectivity index (χ0n) is 23.0. The van der Waals surface area contributed by atoms with Gasteiger partial charge in [-0.15, -0.1) is 11.8 Å². The minimum absolute atomic E-state index is 0.0622. The van der Waals surface area contributed by atoms with Crippen molar-refractivity contribution in [3.05, 3.63) is 108 Å². The van der Waals surface area contributed by atoms with Gasteiger partial charge in [0.2, 0.25) is 17.7 Å². The van der Waals surface area contributed by atoms with Crippen molar-refractivity contribution in [3.8, 4) is 0 Å². The molecule has 2 fully saturated rings. The van der Waals surface area contributed by atoms with Crippen molar-refractivity contribution in [2.24, 2.45) is 0 Å². The molecule has 2 saturated heterocycles. The van der Waals surface area contributed by atoms with Crippen LogP contribution in [0.15, 0.2) is 91.0 Å². The van der Waals surface area contributed by atoms with E-state index < -0.39 is 16.8 Å². The van der Waals surface area contributed by atoms with Gasteiger partial charge in [0.25, 0.3) is 0 Å². The molecule has 3 aromatic rings. The molecule has 0 bridgehead atoms. The van der Waals surface area contributed by atoms with Crippen LogP contribution < -0.4 is 10.6 Å². The van der Waals surface area contributed by atoms with E-state index in [1.54, 1.807) is 16.7 Å². The van der Waals surface area contributed by atoms with Gasteiger partial charge < -0.3 is 20.4 Å². The van der Waals surface area contributed by atoms with E-state index in [0.717, 1.165) is 17.7 Å². The predicted molar refractivity (Wildman–Crippen MR) is 158 cm³/mol. The molecular weight excluding hydrogens is 520 g/mol. The second kappa shape index (κ2) is 12.3. The van der Waals surface area contributed by atoms with Gasteiger partial charge in [-0.2, -0.15) is 0 Å². The summed E-state index contributed by atoms with van der Waals surface area (Å²) < 4.78 is -0.497. The Kier molecular flexibility index (Phi) is 8.57. The summed E-state index contributed by atoms with van der Waals surface area (Å²) in [6.45, 7) is 6.36. The Morgan fingerprint density at radius 1 is 0.875 bits per heavy atom. The second-order valence-electron chi connectivity index (χ2n) is 10.9. The van der Waals surface area contributed by atoms with Gasteiger partial charge in [0.15, 0.2) is 0 Å². The molecule has 8 heteroatoms. The molecule has 208 valence electrons. The lowest BCUT2D eigenvalue weighted by Gasteiger charge is -2.45. The molecule has 0 radical (unpaired) electrons. The monoisotopic (exact) mass is 556 g/mol. The smallest absolute Gasteiger partial charge is 0.249 e. The number of amides is 3. The Bertz CT molecular complexity index is 1320. The summed E-state index contributed by atoms with van der Waals surface area (Å²) in [7, 11) is 0. The number of hydrogen-bond acceptors (Lipinski definition) is 5. The number of rotatable bonds is 11. The lowest BCUT2D eigenvalue weighted by atomic mass is 9.94. The summed E-state index contributed by atoms with van der Waals surface area (Å²) in [5.74, 6) is -0.440. The molecule has 3 aromatic carbocycles. The van der Waals surface area contributed by atoms with E-state index in [0.29, 0.717) is 19.6 Å². The number of carbonyl (C=O) groups excluding carboxylic acids is 3. The topological polar surface area (TPSA) is 81.8 Å². The molecule has 2 aliphatic heterocycles. The Morgan fingerprint density at radius 2 is 1.45 bits per heavy atom. The van der Waals surface area contributed by atoms with Gasteiger partial charge in [-0.1, -0.05) is 91.0 Å². The summed E-state index contributed by atoms with van der Waals surface area (Å²) in [5.41, 5.74) is 3.12. The molecule has 0 saturated carbocycles. The molecule has 2 heterocycles. The summed E-state index contributed by atoms with van der Waals surface area (Å²) in [6, 6.07) is 28.4. The van der Waals surface area contributed by atoms with E-state index in [4.69, 9.17) is 0 Å². The number of benzene rings is 3. The number of fused-ring (bicyclic) bond motifs is 1. The van der Waals surface area contributed by atoms with Crippen LogP contribution in [0.1, 0.15) is 30.5 Å². The number of nitrogens with one attached hydrogen (secondary N) is 2. The molecule has 3 atom stereocenters. The lowest BCUT2D eigenvalue weighted by molar-refractivity contribution is -0.158. The molecule has 0 aliphatic carbocycles. The van der Waals surface area contributed by atoms with Gasteiger partial charge in [0.05, 0.1) is 6.42 Å². The maximum Gasteiger partial charge on any atom is 0.249 e. The van der Waals surface area contributed by atoms with E-state index in [1.807, 2.05) is 97.6 Å². The summed E-state index contributed by atoms with van der Waals surface area (Å²) in [5, 5.41) is 6.11. The van der Waals surface area contributed by atoms with Crippen LogP contribution in [0.2, 0.25) is 0 Å². The van der Waals surface area contributed by atoms with Crippen LogP contribution in [-0.4, -0.2) is 62.8 Å². The molecule has 7 nitrogen and oxygen atoms in total. The summed E-state index contributed by atoms with van der Waals surface area (Å²) >= 11 is 1.59. The molecule has 40 heavy (non-hydrogen) atoms. The molecular formula is C32H36N4O3S.